The van der Waals surface area contributed by atoms with Gasteiger partial charge in [0.05, 0.1) is 31.4 Å². The zero-order chi connectivity index (χ0) is 24.8. The zero-order valence-corrected chi connectivity index (χ0v) is 21.0. The van der Waals surface area contributed by atoms with Crippen molar-refractivity contribution in [1.29, 1.82) is 0 Å². The van der Waals surface area contributed by atoms with Crippen molar-refractivity contribution in [2.45, 2.75) is 70.7 Å². The first-order chi connectivity index (χ1) is 15.7. The number of ether oxygens (including phenoxy) is 2. The van der Waals surface area contributed by atoms with Gasteiger partial charge in [-0.05, 0) is 37.5 Å². The van der Waals surface area contributed by atoms with Crippen LogP contribution in [0.3, 0.4) is 0 Å². The standard InChI is InChI=1S/C24H36N2O6S/c1-6-8-9-18(7-2)15-32-22(28)12-13-33-21-11-10-19(24(30)31-5)14-20(21)26-23(29)16(3)25-17(4)27/h10-11,14,16,18H,6-9,12-13,15H2,1-5H3,(H,25,27)(H,26,29)/t16-,18?/m0/s1. The molecule has 2 N–H and O–H groups in total. The van der Waals surface area contributed by atoms with Gasteiger partial charge < -0.3 is 20.1 Å². The van der Waals surface area contributed by atoms with Crippen molar-refractivity contribution in [3.05, 3.63) is 23.8 Å². The average molecular weight is 481 g/mol. The van der Waals surface area contributed by atoms with E-state index in [0.717, 1.165) is 25.7 Å². The third-order valence-electron chi connectivity index (χ3n) is 5.06. The molecule has 1 aromatic carbocycles. The van der Waals surface area contributed by atoms with E-state index in [9.17, 15) is 19.2 Å². The minimum absolute atomic E-state index is 0.226. The zero-order valence-electron chi connectivity index (χ0n) is 20.2. The molecule has 0 aliphatic rings. The summed E-state index contributed by atoms with van der Waals surface area (Å²) in [5.41, 5.74) is 0.686. The van der Waals surface area contributed by atoms with Gasteiger partial charge >= 0.3 is 11.9 Å². The molecular formula is C24H36N2O6S. The fourth-order valence-corrected chi connectivity index (χ4v) is 3.95. The van der Waals surface area contributed by atoms with Crippen LogP contribution in [0.5, 0.6) is 0 Å². The molecule has 1 rings (SSSR count). The number of benzene rings is 1. The molecule has 0 aliphatic heterocycles. The lowest BCUT2D eigenvalue weighted by molar-refractivity contribution is -0.144. The smallest absolute Gasteiger partial charge is 0.337 e. The number of hydrogen-bond acceptors (Lipinski definition) is 7. The van der Waals surface area contributed by atoms with E-state index in [1.54, 1.807) is 19.1 Å². The minimum Gasteiger partial charge on any atom is -0.465 e. The average Bonchev–Trinajstić information content (AvgIpc) is 2.79. The summed E-state index contributed by atoms with van der Waals surface area (Å²) >= 11 is 1.37. The molecule has 33 heavy (non-hydrogen) atoms. The molecule has 0 heterocycles. The summed E-state index contributed by atoms with van der Waals surface area (Å²) in [4.78, 5) is 48.4. The number of unbranched alkanes of at least 4 members (excludes halogenated alkanes) is 1. The Balaban J connectivity index is 2.76. The van der Waals surface area contributed by atoms with Crippen LogP contribution in [0.2, 0.25) is 0 Å². The molecule has 2 amide bonds. The Kier molecular flexibility index (Phi) is 13.2. The first-order valence-electron chi connectivity index (χ1n) is 11.3. The summed E-state index contributed by atoms with van der Waals surface area (Å²) in [5, 5.41) is 5.26. The highest BCUT2D eigenvalue weighted by Crippen LogP contribution is 2.29. The van der Waals surface area contributed by atoms with Crippen molar-refractivity contribution < 1.29 is 28.7 Å². The van der Waals surface area contributed by atoms with Crippen LogP contribution in [0.15, 0.2) is 23.1 Å². The van der Waals surface area contributed by atoms with E-state index in [1.807, 2.05) is 0 Å². The van der Waals surface area contributed by atoms with Gasteiger partial charge in [0.2, 0.25) is 11.8 Å². The van der Waals surface area contributed by atoms with Gasteiger partial charge in [0.15, 0.2) is 0 Å². The second kappa shape index (κ2) is 15.3. The number of methoxy groups -OCH3 is 1. The minimum atomic E-state index is -0.753. The van der Waals surface area contributed by atoms with Gasteiger partial charge in [-0.15, -0.1) is 11.8 Å². The Labute approximate surface area is 200 Å². The fraction of sp³-hybridized carbons (Fsp3) is 0.583. The monoisotopic (exact) mass is 480 g/mol. The van der Waals surface area contributed by atoms with E-state index >= 15 is 0 Å². The molecule has 0 aliphatic carbocycles. The van der Waals surface area contributed by atoms with E-state index in [0.29, 0.717) is 28.9 Å². The highest BCUT2D eigenvalue weighted by atomic mass is 32.2. The molecule has 0 saturated carbocycles. The fourth-order valence-electron chi connectivity index (χ4n) is 3.04. The summed E-state index contributed by atoms with van der Waals surface area (Å²) in [5.74, 6) is -0.700. The maximum Gasteiger partial charge on any atom is 0.337 e. The van der Waals surface area contributed by atoms with E-state index in [2.05, 4.69) is 24.5 Å². The largest absolute Gasteiger partial charge is 0.465 e. The summed E-state index contributed by atoms with van der Waals surface area (Å²) in [7, 11) is 1.28. The van der Waals surface area contributed by atoms with Crippen LogP contribution in [0.1, 0.15) is 70.2 Å². The van der Waals surface area contributed by atoms with Gasteiger partial charge in [-0.1, -0.05) is 33.1 Å². The lowest BCUT2D eigenvalue weighted by Gasteiger charge is -2.16. The van der Waals surface area contributed by atoms with E-state index < -0.39 is 17.9 Å². The van der Waals surface area contributed by atoms with E-state index in [1.165, 1.54) is 31.9 Å². The molecule has 184 valence electrons. The highest BCUT2D eigenvalue weighted by molar-refractivity contribution is 7.99. The molecule has 1 aromatic rings. The van der Waals surface area contributed by atoms with Gasteiger partial charge in [-0.3, -0.25) is 14.4 Å². The molecular weight excluding hydrogens is 444 g/mol. The van der Waals surface area contributed by atoms with E-state index in [4.69, 9.17) is 9.47 Å². The van der Waals surface area contributed by atoms with Crippen LogP contribution in [0.4, 0.5) is 5.69 Å². The van der Waals surface area contributed by atoms with Crippen molar-refractivity contribution in [3.63, 3.8) is 0 Å². The Morgan fingerprint density at radius 1 is 1.15 bits per heavy atom. The normalized spacial score (nSPS) is 12.4. The molecule has 1 unspecified atom stereocenters. The van der Waals surface area contributed by atoms with Gasteiger partial charge in [-0.2, -0.15) is 0 Å². The number of thioether (sulfide) groups is 1. The van der Waals surface area contributed by atoms with Gasteiger partial charge in [0.25, 0.3) is 0 Å². The quantitative estimate of drug-likeness (QED) is 0.304. The lowest BCUT2D eigenvalue weighted by Crippen LogP contribution is -2.40. The topological polar surface area (TPSA) is 111 Å². The third-order valence-corrected chi connectivity index (χ3v) is 6.13. The van der Waals surface area contributed by atoms with Crippen molar-refractivity contribution >= 4 is 41.2 Å². The molecule has 0 fully saturated rings. The van der Waals surface area contributed by atoms with Crippen molar-refractivity contribution in [2.75, 3.05) is 24.8 Å². The first kappa shape index (κ1) is 28.5. The molecule has 0 aromatic heterocycles. The van der Waals surface area contributed by atoms with Crippen LogP contribution < -0.4 is 10.6 Å². The predicted octanol–water partition coefficient (Wildman–Crippen LogP) is 4.18. The van der Waals surface area contributed by atoms with Crippen LogP contribution in [-0.4, -0.2) is 49.3 Å². The lowest BCUT2D eigenvalue weighted by atomic mass is 10.0. The van der Waals surface area contributed by atoms with Crippen molar-refractivity contribution in [3.8, 4) is 0 Å². The maximum absolute atomic E-state index is 12.5. The predicted molar refractivity (Wildman–Crippen MR) is 129 cm³/mol. The summed E-state index contributed by atoms with van der Waals surface area (Å²) in [6, 6.07) is 4.05. The van der Waals surface area contributed by atoms with Crippen LogP contribution >= 0.6 is 11.8 Å². The summed E-state index contributed by atoms with van der Waals surface area (Å²) in [6.07, 6.45) is 4.51. The SMILES string of the molecule is CCCCC(CC)COC(=O)CCSc1ccc(C(=O)OC)cc1NC(=O)[C@H](C)NC(C)=O. The molecule has 2 atom stereocenters. The highest BCUT2D eigenvalue weighted by Gasteiger charge is 2.18. The number of carbonyl (C=O) groups excluding carboxylic acids is 4. The second-order valence-corrected chi connectivity index (χ2v) is 8.95. The summed E-state index contributed by atoms with van der Waals surface area (Å²) < 4.78 is 10.2. The number of nitrogens with one attached hydrogen (secondary N) is 2. The van der Waals surface area contributed by atoms with Gasteiger partial charge in [0.1, 0.15) is 6.04 Å². The number of amides is 2. The Morgan fingerprint density at radius 2 is 1.88 bits per heavy atom. The van der Waals surface area contributed by atoms with E-state index in [-0.39, 0.29) is 23.9 Å². The summed E-state index contributed by atoms with van der Waals surface area (Å²) in [6.45, 7) is 7.58. The third kappa shape index (κ3) is 10.7. The Hall–Kier alpha value is -2.55. The molecule has 0 radical (unpaired) electrons. The van der Waals surface area contributed by atoms with Gasteiger partial charge in [0, 0.05) is 17.6 Å². The Morgan fingerprint density at radius 3 is 2.48 bits per heavy atom. The van der Waals surface area contributed by atoms with Crippen LogP contribution in [-0.2, 0) is 23.9 Å². The first-order valence-corrected chi connectivity index (χ1v) is 12.3. The molecule has 9 heteroatoms. The number of rotatable bonds is 14. The maximum atomic E-state index is 12.5. The van der Waals surface area contributed by atoms with Crippen LogP contribution in [0, 0.1) is 5.92 Å². The van der Waals surface area contributed by atoms with Crippen LogP contribution in [0.25, 0.3) is 0 Å². The van der Waals surface area contributed by atoms with Crippen molar-refractivity contribution in [2.24, 2.45) is 5.92 Å². The number of hydrogen-bond donors (Lipinski definition) is 2. The Bertz CT molecular complexity index is 814. The number of esters is 2. The van der Waals surface area contributed by atoms with Crippen molar-refractivity contribution in [1.82, 2.24) is 5.32 Å². The number of carbonyl (C=O) groups is 4. The molecule has 8 nitrogen and oxygen atoms in total. The molecule has 0 bridgehead atoms. The second-order valence-electron chi connectivity index (χ2n) is 7.81. The molecule has 0 spiro atoms. The number of anilines is 1. The van der Waals surface area contributed by atoms with Gasteiger partial charge in [-0.25, -0.2) is 4.79 Å². The molecule has 0 saturated heterocycles.